The number of benzene rings is 1. The van der Waals surface area contributed by atoms with E-state index in [0.717, 1.165) is 5.56 Å². The molecule has 0 radical (unpaired) electrons. The zero-order valence-electron chi connectivity index (χ0n) is 14.2. The SMILES string of the molecule is CC(C)CN1C(=O)C(=Cc2ccc(-c3ccc([N+](=O)[O-])cc3)o2)SC1=S. The van der Waals surface area contributed by atoms with E-state index in [-0.39, 0.29) is 11.6 Å². The average Bonchev–Trinajstić information content (AvgIpc) is 3.15. The number of nitro benzene ring substituents is 1. The van der Waals surface area contributed by atoms with E-state index < -0.39 is 4.92 Å². The lowest BCUT2D eigenvalue weighted by molar-refractivity contribution is -0.384. The molecule has 0 N–H and O–H groups in total. The standard InChI is InChI=1S/C18H16N2O4S2/c1-11(2)10-19-17(21)16(26-18(19)25)9-14-7-8-15(24-14)12-3-5-13(6-4-12)20(22)23/h3-9,11H,10H2,1-2H3. The van der Waals surface area contributed by atoms with Gasteiger partial charge in [-0.05, 0) is 30.2 Å². The molecule has 1 aliphatic rings. The Hall–Kier alpha value is -2.45. The molecule has 1 aromatic carbocycles. The first kappa shape index (κ1) is 18.3. The average molecular weight is 388 g/mol. The van der Waals surface area contributed by atoms with Crippen molar-refractivity contribution in [3.8, 4) is 11.3 Å². The molecule has 6 nitrogen and oxygen atoms in total. The van der Waals surface area contributed by atoms with Crippen LogP contribution < -0.4 is 0 Å². The summed E-state index contributed by atoms with van der Waals surface area (Å²) >= 11 is 6.55. The number of amides is 1. The summed E-state index contributed by atoms with van der Waals surface area (Å²) in [6, 6.07) is 9.63. The van der Waals surface area contributed by atoms with Crippen molar-refractivity contribution in [1.29, 1.82) is 0 Å². The maximum absolute atomic E-state index is 12.5. The van der Waals surface area contributed by atoms with E-state index in [0.29, 0.717) is 33.2 Å². The van der Waals surface area contributed by atoms with E-state index in [1.807, 2.05) is 13.8 Å². The number of thioether (sulfide) groups is 1. The summed E-state index contributed by atoms with van der Waals surface area (Å²) in [5.74, 6) is 1.32. The van der Waals surface area contributed by atoms with Crippen LogP contribution >= 0.6 is 24.0 Å². The fourth-order valence-electron chi connectivity index (χ4n) is 2.48. The number of carbonyl (C=O) groups excluding carboxylic acids is 1. The molecule has 8 heteroatoms. The third-order valence-corrected chi connectivity index (χ3v) is 5.06. The summed E-state index contributed by atoms with van der Waals surface area (Å²) in [5.41, 5.74) is 0.747. The van der Waals surface area contributed by atoms with Gasteiger partial charge in [0.2, 0.25) is 0 Å². The van der Waals surface area contributed by atoms with E-state index in [1.165, 1.54) is 23.9 Å². The molecule has 3 rings (SSSR count). The van der Waals surface area contributed by atoms with Gasteiger partial charge in [-0.1, -0.05) is 37.8 Å². The van der Waals surface area contributed by atoms with Crippen molar-refractivity contribution in [3.63, 3.8) is 0 Å². The van der Waals surface area contributed by atoms with Crippen LogP contribution in [0.4, 0.5) is 5.69 Å². The molecule has 1 fully saturated rings. The minimum Gasteiger partial charge on any atom is -0.457 e. The molecule has 2 heterocycles. The lowest BCUT2D eigenvalue weighted by atomic mass is 10.1. The zero-order chi connectivity index (χ0) is 18.8. The van der Waals surface area contributed by atoms with Crippen LogP contribution in [0.15, 0.2) is 45.7 Å². The first-order valence-corrected chi connectivity index (χ1v) is 9.17. The highest BCUT2D eigenvalue weighted by Gasteiger charge is 2.32. The van der Waals surface area contributed by atoms with Gasteiger partial charge in [-0.3, -0.25) is 19.8 Å². The van der Waals surface area contributed by atoms with Gasteiger partial charge < -0.3 is 4.42 Å². The molecule has 1 aromatic heterocycles. The van der Waals surface area contributed by atoms with Gasteiger partial charge in [0.25, 0.3) is 11.6 Å². The van der Waals surface area contributed by atoms with Crippen molar-refractivity contribution in [3.05, 3.63) is 57.2 Å². The molecule has 0 aliphatic carbocycles. The molecule has 26 heavy (non-hydrogen) atoms. The van der Waals surface area contributed by atoms with Crippen molar-refractivity contribution in [2.75, 3.05) is 6.54 Å². The summed E-state index contributed by atoms with van der Waals surface area (Å²) in [6.45, 7) is 4.66. The highest BCUT2D eigenvalue weighted by atomic mass is 32.2. The molecular formula is C18H16N2O4S2. The molecule has 1 saturated heterocycles. The van der Waals surface area contributed by atoms with Crippen molar-refractivity contribution in [2.24, 2.45) is 5.92 Å². The quantitative estimate of drug-likeness (QED) is 0.319. The molecule has 0 spiro atoms. The fraction of sp³-hybridized carbons (Fsp3) is 0.222. The Labute approximate surface area is 160 Å². The fourth-order valence-corrected chi connectivity index (χ4v) is 3.74. The number of carbonyl (C=O) groups is 1. The number of nitrogens with zero attached hydrogens (tertiary/aromatic N) is 2. The van der Waals surface area contributed by atoms with Crippen LogP contribution in [-0.2, 0) is 4.79 Å². The highest BCUT2D eigenvalue weighted by Crippen LogP contribution is 2.34. The van der Waals surface area contributed by atoms with Crippen LogP contribution in [0, 0.1) is 16.0 Å². The van der Waals surface area contributed by atoms with E-state index in [4.69, 9.17) is 16.6 Å². The second-order valence-electron chi connectivity index (χ2n) is 6.19. The van der Waals surface area contributed by atoms with E-state index in [2.05, 4.69) is 0 Å². The van der Waals surface area contributed by atoms with Crippen molar-refractivity contribution in [1.82, 2.24) is 4.90 Å². The Morgan fingerprint density at radius 3 is 2.58 bits per heavy atom. The topological polar surface area (TPSA) is 76.6 Å². The molecule has 134 valence electrons. The second-order valence-corrected chi connectivity index (χ2v) is 7.87. The second kappa shape index (κ2) is 7.43. The van der Waals surface area contributed by atoms with Crippen LogP contribution in [-0.4, -0.2) is 26.6 Å². The van der Waals surface area contributed by atoms with Gasteiger partial charge in [-0.2, -0.15) is 0 Å². The lowest BCUT2D eigenvalue weighted by Gasteiger charge is -2.16. The largest absolute Gasteiger partial charge is 0.457 e. The van der Waals surface area contributed by atoms with Crippen LogP contribution in [0.1, 0.15) is 19.6 Å². The Balaban J connectivity index is 1.80. The van der Waals surface area contributed by atoms with E-state index in [1.54, 1.807) is 35.2 Å². The van der Waals surface area contributed by atoms with Gasteiger partial charge in [-0.25, -0.2) is 0 Å². The smallest absolute Gasteiger partial charge is 0.269 e. The number of rotatable bonds is 5. The highest BCUT2D eigenvalue weighted by molar-refractivity contribution is 8.26. The molecule has 1 amide bonds. The Morgan fingerprint density at radius 1 is 1.27 bits per heavy atom. The van der Waals surface area contributed by atoms with E-state index >= 15 is 0 Å². The van der Waals surface area contributed by atoms with Crippen molar-refractivity contribution >= 4 is 46.0 Å². The summed E-state index contributed by atoms with van der Waals surface area (Å²) < 4.78 is 6.31. The number of thiocarbonyl (C=S) groups is 1. The predicted octanol–water partition coefficient (Wildman–Crippen LogP) is 4.71. The van der Waals surface area contributed by atoms with Crippen LogP contribution in [0.3, 0.4) is 0 Å². The number of hydrogen-bond acceptors (Lipinski definition) is 6. The van der Waals surface area contributed by atoms with Gasteiger partial charge in [0.1, 0.15) is 15.8 Å². The minimum atomic E-state index is -0.448. The van der Waals surface area contributed by atoms with E-state index in [9.17, 15) is 14.9 Å². The Kier molecular flexibility index (Phi) is 5.24. The molecule has 0 saturated carbocycles. The molecule has 1 aliphatic heterocycles. The van der Waals surface area contributed by atoms with Crippen molar-refractivity contribution < 1.29 is 14.1 Å². The van der Waals surface area contributed by atoms with Gasteiger partial charge in [0, 0.05) is 30.3 Å². The predicted molar refractivity (Wildman–Crippen MR) is 106 cm³/mol. The molecule has 0 unspecified atom stereocenters. The maximum atomic E-state index is 12.5. The van der Waals surface area contributed by atoms with Gasteiger partial charge in [-0.15, -0.1) is 0 Å². The molecule has 2 aromatic rings. The van der Waals surface area contributed by atoms with Crippen LogP contribution in [0.25, 0.3) is 17.4 Å². The van der Waals surface area contributed by atoms with Crippen LogP contribution in [0.5, 0.6) is 0 Å². The summed E-state index contributed by atoms with van der Waals surface area (Å²) in [7, 11) is 0. The van der Waals surface area contributed by atoms with Gasteiger partial charge >= 0.3 is 0 Å². The number of non-ortho nitro benzene ring substituents is 1. The maximum Gasteiger partial charge on any atom is 0.269 e. The number of hydrogen-bond donors (Lipinski definition) is 0. The van der Waals surface area contributed by atoms with Gasteiger partial charge in [0.05, 0.1) is 9.83 Å². The Bertz CT molecular complexity index is 900. The number of furan rings is 1. The van der Waals surface area contributed by atoms with Crippen molar-refractivity contribution in [2.45, 2.75) is 13.8 Å². The molecular weight excluding hydrogens is 372 g/mol. The van der Waals surface area contributed by atoms with Gasteiger partial charge in [0.15, 0.2) is 0 Å². The molecule has 0 atom stereocenters. The first-order chi connectivity index (χ1) is 12.3. The zero-order valence-corrected chi connectivity index (χ0v) is 15.8. The minimum absolute atomic E-state index is 0.0226. The summed E-state index contributed by atoms with van der Waals surface area (Å²) in [5, 5.41) is 10.7. The Morgan fingerprint density at radius 2 is 1.96 bits per heavy atom. The summed E-state index contributed by atoms with van der Waals surface area (Å²) in [4.78, 5) is 24.9. The first-order valence-electron chi connectivity index (χ1n) is 7.95. The third kappa shape index (κ3) is 3.86. The van der Waals surface area contributed by atoms with Crippen LogP contribution in [0.2, 0.25) is 0 Å². The monoisotopic (exact) mass is 388 g/mol. The third-order valence-electron chi connectivity index (χ3n) is 3.68. The molecule has 0 bridgehead atoms. The normalized spacial score (nSPS) is 16.1. The summed E-state index contributed by atoms with van der Waals surface area (Å²) in [6.07, 6.45) is 1.68. The lowest BCUT2D eigenvalue weighted by Crippen LogP contribution is -2.31. The number of nitro groups is 1.